The van der Waals surface area contributed by atoms with Crippen molar-refractivity contribution in [1.29, 1.82) is 0 Å². The van der Waals surface area contributed by atoms with Crippen LogP contribution in [0.15, 0.2) is 30.5 Å². The highest BCUT2D eigenvalue weighted by Crippen LogP contribution is 2.51. The number of hydrogen-bond acceptors (Lipinski definition) is 7. The Morgan fingerprint density at radius 1 is 0.974 bits per heavy atom. The molecule has 1 aromatic carbocycles. The number of fused-ring (bicyclic) bond motifs is 1. The molecule has 1 aliphatic heterocycles. The largest absolute Gasteiger partial charge is 0.393 e. The van der Waals surface area contributed by atoms with Crippen LogP contribution in [-0.4, -0.2) is 80.5 Å². The van der Waals surface area contributed by atoms with Crippen LogP contribution >= 0.6 is 0 Å². The predicted molar refractivity (Wildman–Crippen MR) is 150 cm³/mol. The molecule has 1 saturated heterocycles. The second-order valence-electron chi connectivity index (χ2n) is 12.2. The lowest BCUT2D eigenvalue weighted by molar-refractivity contribution is 0.0976. The third kappa shape index (κ3) is 4.71. The lowest BCUT2D eigenvalue weighted by atomic mass is 9.93. The van der Waals surface area contributed by atoms with E-state index in [2.05, 4.69) is 56.1 Å². The molecule has 3 heterocycles. The van der Waals surface area contributed by atoms with Crippen LogP contribution in [0.2, 0.25) is 0 Å². The summed E-state index contributed by atoms with van der Waals surface area (Å²) in [6.45, 7) is 5.52. The third-order valence-electron chi connectivity index (χ3n) is 9.52. The molecule has 8 heteroatoms. The van der Waals surface area contributed by atoms with E-state index in [1.807, 2.05) is 6.20 Å². The number of nitrogens with zero attached hydrogens (tertiary/aromatic N) is 6. The van der Waals surface area contributed by atoms with E-state index in [9.17, 15) is 5.11 Å². The molecule has 202 valence electrons. The average molecular weight is 516 g/mol. The van der Waals surface area contributed by atoms with Crippen molar-refractivity contribution in [2.24, 2.45) is 5.92 Å². The molecular weight excluding hydrogens is 474 g/mol. The molecule has 0 spiro atoms. The van der Waals surface area contributed by atoms with Gasteiger partial charge in [0, 0.05) is 50.0 Å². The van der Waals surface area contributed by atoms with Gasteiger partial charge in [-0.25, -0.2) is 9.67 Å². The molecule has 0 radical (unpaired) electrons. The minimum absolute atomic E-state index is 0.190. The van der Waals surface area contributed by atoms with Crippen molar-refractivity contribution in [1.82, 2.24) is 29.5 Å². The zero-order chi connectivity index (χ0) is 25.7. The minimum Gasteiger partial charge on any atom is -0.393 e. The molecule has 0 atom stereocenters. The normalized spacial score (nSPS) is 26.1. The van der Waals surface area contributed by atoms with Crippen LogP contribution in [-0.2, 0) is 5.54 Å². The number of aliphatic hydroxyl groups is 1. The molecule has 3 saturated carbocycles. The number of piperazine rings is 1. The van der Waals surface area contributed by atoms with Crippen LogP contribution in [0.4, 0.5) is 5.95 Å². The van der Waals surface area contributed by atoms with Crippen LogP contribution < -0.4 is 5.32 Å². The van der Waals surface area contributed by atoms with E-state index in [0.29, 0.717) is 5.95 Å². The Labute approximate surface area is 225 Å². The number of benzene rings is 1. The van der Waals surface area contributed by atoms with Gasteiger partial charge in [0.25, 0.3) is 0 Å². The van der Waals surface area contributed by atoms with Gasteiger partial charge in [-0.15, -0.1) is 0 Å². The smallest absolute Gasteiger partial charge is 0.224 e. The Bertz CT molecular complexity index is 1260. The molecule has 38 heavy (non-hydrogen) atoms. The minimum atomic E-state index is -0.190. The van der Waals surface area contributed by atoms with Gasteiger partial charge < -0.3 is 15.3 Å². The fourth-order valence-electron chi connectivity index (χ4n) is 6.65. The van der Waals surface area contributed by atoms with Crippen molar-refractivity contribution in [3.8, 4) is 11.3 Å². The zero-order valence-electron chi connectivity index (χ0n) is 22.6. The molecule has 0 amide bonds. The van der Waals surface area contributed by atoms with E-state index in [4.69, 9.17) is 10.1 Å². The van der Waals surface area contributed by atoms with Gasteiger partial charge in [0.05, 0.1) is 17.5 Å². The Hall–Kier alpha value is -2.55. The van der Waals surface area contributed by atoms with E-state index in [0.717, 1.165) is 86.6 Å². The van der Waals surface area contributed by atoms with Crippen molar-refractivity contribution in [2.45, 2.75) is 75.5 Å². The number of aliphatic hydroxyl groups excluding tert-OH is 1. The Morgan fingerprint density at radius 3 is 2.39 bits per heavy atom. The van der Waals surface area contributed by atoms with E-state index in [1.54, 1.807) is 0 Å². The van der Waals surface area contributed by atoms with E-state index in [-0.39, 0.29) is 17.7 Å². The molecule has 0 unspecified atom stereocenters. The van der Waals surface area contributed by atoms with Crippen molar-refractivity contribution in [3.05, 3.63) is 36.0 Å². The molecule has 2 aromatic heterocycles. The van der Waals surface area contributed by atoms with Gasteiger partial charge in [-0.2, -0.15) is 10.1 Å². The first-order valence-electron chi connectivity index (χ1n) is 14.8. The summed E-state index contributed by atoms with van der Waals surface area (Å²) in [5.74, 6) is 1.57. The maximum Gasteiger partial charge on any atom is 0.224 e. The van der Waals surface area contributed by atoms with Crippen LogP contribution in [0.5, 0.6) is 0 Å². The second-order valence-corrected chi connectivity index (χ2v) is 12.2. The number of rotatable bonds is 8. The summed E-state index contributed by atoms with van der Waals surface area (Å²) in [4.78, 5) is 14.8. The van der Waals surface area contributed by atoms with Crippen molar-refractivity contribution >= 4 is 17.0 Å². The Morgan fingerprint density at radius 2 is 1.71 bits per heavy atom. The number of likely N-dealkylation sites (N-methyl/N-ethyl adjacent to an activating group) is 1. The van der Waals surface area contributed by atoms with Crippen LogP contribution in [0.25, 0.3) is 22.3 Å². The van der Waals surface area contributed by atoms with Gasteiger partial charge >= 0.3 is 0 Å². The first kappa shape index (κ1) is 24.5. The Kier molecular flexibility index (Phi) is 6.37. The van der Waals surface area contributed by atoms with Gasteiger partial charge in [-0.05, 0) is 63.5 Å². The summed E-state index contributed by atoms with van der Waals surface area (Å²) in [6, 6.07) is 9.43. The highest BCUT2D eigenvalue weighted by Gasteiger charge is 2.49. The lowest BCUT2D eigenvalue weighted by Gasteiger charge is -2.38. The highest BCUT2D eigenvalue weighted by atomic mass is 16.3. The summed E-state index contributed by atoms with van der Waals surface area (Å²) < 4.78 is 2.13. The molecule has 7 rings (SSSR count). The summed E-state index contributed by atoms with van der Waals surface area (Å²) >= 11 is 0. The van der Waals surface area contributed by atoms with E-state index in [1.165, 1.54) is 37.7 Å². The van der Waals surface area contributed by atoms with Gasteiger partial charge in [0.2, 0.25) is 5.95 Å². The fourth-order valence-corrected chi connectivity index (χ4v) is 6.65. The SMILES string of the molecule is CN1CCN(C2(c3ccc(-c4nn([C@H]5CC[C@H](O)CC5)c5nc(NCCC6CC6)ncc45)cc3)CC2)CC1. The van der Waals surface area contributed by atoms with Gasteiger partial charge in [0.1, 0.15) is 5.69 Å². The first-order chi connectivity index (χ1) is 18.6. The lowest BCUT2D eigenvalue weighted by Crippen LogP contribution is -2.49. The second kappa shape index (κ2) is 9.88. The monoisotopic (exact) mass is 515 g/mol. The standard InChI is InChI=1S/C30H41N7O/c1-35-16-18-36(19-17-35)30(13-14-30)23-6-4-22(5-7-23)27-26-20-32-29(31-15-12-21-2-3-21)33-28(26)37(34-27)24-8-10-25(38)11-9-24/h4-7,20-21,24-25,38H,2-3,8-19H2,1H3,(H,31,32,33)/t24-,25-. The van der Waals surface area contributed by atoms with Crippen molar-refractivity contribution in [2.75, 3.05) is 45.1 Å². The summed E-state index contributed by atoms with van der Waals surface area (Å²) in [6.07, 6.45) is 11.7. The topological polar surface area (TPSA) is 82.3 Å². The van der Waals surface area contributed by atoms with Crippen molar-refractivity contribution < 1.29 is 5.11 Å². The quantitative estimate of drug-likeness (QED) is 0.460. The van der Waals surface area contributed by atoms with Crippen molar-refractivity contribution in [3.63, 3.8) is 0 Å². The van der Waals surface area contributed by atoms with Gasteiger partial charge in [0.15, 0.2) is 5.65 Å². The Balaban J connectivity index is 1.18. The number of hydrogen-bond donors (Lipinski definition) is 2. The van der Waals surface area contributed by atoms with Gasteiger partial charge in [-0.1, -0.05) is 37.1 Å². The molecule has 4 aliphatic rings. The first-order valence-corrected chi connectivity index (χ1v) is 14.8. The maximum atomic E-state index is 10.1. The molecule has 3 aliphatic carbocycles. The van der Waals surface area contributed by atoms with Crippen LogP contribution in [0.3, 0.4) is 0 Å². The van der Waals surface area contributed by atoms with Gasteiger partial charge in [-0.3, -0.25) is 4.90 Å². The van der Waals surface area contributed by atoms with E-state index >= 15 is 0 Å². The molecule has 8 nitrogen and oxygen atoms in total. The predicted octanol–water partition coefficient (Wildman–Crippen LogP) is 4.42. The summed E-state index contributed by atoms with van der Waals surface area (Å²) in [5.41, 5.74) is 4.67. The number of anilines is 1. The molecular formula is C30H41N7O. The summed E-state index contributed by atoms with van der Waals surface area (Å²) in [7, 11) is 2.22. The maximum absolute atomic E-state index is 10.1. The zero-order valence-corrected chi connectivity index (χ0v) is 22.6. The number of nitrogens with one attached hydrogen (secondary N) is 1. The van der Waals surface area contributed by atoms with E-state index < -0.39 is 0 Å². The highest BCUT2D eigenvalue weighted by molar-refractivity contribution is 5.91. The third-order valence-corrected chi connectivity index (χ3v) is 9.52. The summed E-state index contributed by atoms with van der Waals surface area (Å²) in [5, 5.41) is 19.7. The van der Waals surface area contributed by atoms with Crippen LogP contribution in [0.1, 0.15) is 69.4 Å². The molecule has 3 aromatic rings. The van der Waals surface area contributed by atoms with Crippen LogP contribution in [0, 0.1) is 5.92 Å². The molecule has 0 bridgehead atoms. The average Bonchev–Trinajstić information content (AvgIpc) is 3.88. The number of aromatic nitrogens is 4. The fraction of sp³-hybridized carbons (Fsp3) is 0.633. The molecule has 4 fully saturated rings. The molecule has 2 N–H and O–H groups in total.